The first-order chi connectivity index (χ1) is 14.6. The Morgan fingerprint density at radius 3 is 2.12 bits per heavy atom. The fourth-order valence-electron chi connectivity index (χ4n) is 2.57. The number of nitro groups is 1. The molecule has 0 radical (unpaired) electrons. The number of anilines is 1. The molecule has 32 heavy (non-hydrogen) atoms. The monoisotopic (exact) mass is 552 g/mol. The number of alkyl halides is 7. The first-order valence-corrected chi connectivity index (χ1v) is 10.0. The van der Waals surface area contributed by atoms with Gasteiger partial charge in [-0.15, -0.1) is 11.8 Å². The molecule has 0 aromatic heterocycles. The maximum absolute atomic E-state index is 14.4. The van der Waals surface area contributed by atoms with E-state index in [-0.39, 0.29) is 12.1 Å². The summed E-state index contributed by atoms with van der Waals surface area (Å²) >= 11 is 3.25. The van der Waals surface area contributed by atoms with Crippen LogP contribution in [0, 0.1) is 15.9 Å². The first kappa shape index (κ1) is 25.8. The molecule has 0 aliphatic heterocycles. The van der Waals surface area contributed by atoms with E-state index in [2.05, 4.69) is 21.2 Å². The summed E-state index contributed by atoms with van der Waals surface area (Å²) in [5.41, 5.74) is -9.75. The van der Waals surface area contributed by atoms with Crippen LogP contribution in [0.3, 0.4) is 0 Å². The standard InChI is InChI=1S/C17H9BrF8N2O3S/c1-32-11-6-7(15(20,16(21,22)23)17(24,25)26)5-9(18)13(11)27-14(29)8-3-2-4-10(12(8)19)28(30)31/h2-6H,1H3,(H,27,29). The minimum atomic E-state index is -6.35. The lowest BCUT2D eigenvalue weighted by molar-refractivity contribution is -0.387. The second kappa shape index (κ2) is 8.84. The van der Waals surface area contributed by atoms with Crippen LogP contribution in [0.1, 0.15) is 15.9 Å². The molecule has 2 aromatic rings. The Morgan fingerprint density at radius 1 is 1.09 bits per heavy atom. The predicted octanol–water partition coefficient (Wildman–Crippen LogP) is 6.76. The number of benzene rings is 2. The number of rotatable bonds is 5. The van der Waals surface area contributed by atoms with Crippen molar-refractivity contribution in [3.8, 4) is 0 Å². The Kier molecular flexibility index (Phi) is 7.14. The Bertz CT molecular complexity index is 1060. The van der Waals surface area contributed by atoms with Crippen LogP contribution in [0.5, 0.6) is 0 Å². The van der Waals surface area contributed by atoms with E-state index in [1.165, 1.54) is 6.26 Å². The van der Waals surface area contributed by atoms with Gasteiger partial charge in [-0.05, 0) is 40.4 Å². The summed E-state index contributed by atoms with van der Waals surface area (Å²) in [4.78, 5) is 21.7. The minimum Gasteiger partial charge on any atom is -0.320 e. The molecule has 0 aliphatic rings. The molecule has 5 nitrogen and oxygen atoms in total. The Balaban J connectivity index is 2.59. The quantitative estimate of drug-likeness (QED) is 0.192. The molecule has 2 aromatic carbocycles. The van der Waals surface area contributed by atoms with Crippen molar-refractivity contribution in [3.05, 3.63) is 61.9 Å². The number of nitrogens with zero attached hydrogens (tertiary/aromatic N) is 1. The number of thioether (sulfide) groups is 1. The molecule has 0 unspecified atom stereocenters. The van der Waals surface area contributed by atoms with Crippen molar-refractivity contribution in [1.82, 2.24) is 0 Å². The third-order valence-electron chi connectivity index (χ3n) is 4.11. The van der Waals surface area contributed by atoms with E-state index in [0.29, 0.717) is 11.8 Å². The smallest absolute Gasteiger partial charge is 0.320 e. The average molecular weight is 553 g/mol. The van der Waals surface area contributed by atoms with Crippen LogP contribution in [0.2, 0.25) is 0 Å². The van der Waals surface area contributed by atoms with E-state index in [9.17, 15) is 50.0 Å². The molecular formula is C17H9BrF8N2O3S. The van der Waals surface area contributed by atoms with Gasteiger partial charge in [0.1, 0.15) is 0 Å². The molecule has 2 rings (SSSR count). The van der Waals surface area contributed by atoms with E-state index < -0.39 is 66.5 Å². The largest absolute Gasteiger partial charge is 0.435 e. The minimum absolute atomic E-state index is 0.181. The van der Waals surface area contributed by atoms with Gasteiger partial charge in [0.05, 0.1) is 16.2 Å². The van der Waals surface area contributed by atoms with Gasteiger partial charge in [0.15, 0.2) is 0 Å². The molecule has 0 aliphatic carbocycles. The van der Waals surface area contributed by atoms with Gasteiger partial charge in [-0.3, -0.25) is 14.9 Å². The molecule has 0 atom stereocenters. The lowest BCUT2D eigenvalue weighted by Crippen LogP contribution is -2.50. The lowest BCUT2D eigenvalue weighted by Gasteiger charge is -2.31. The summed E-state index contributed by atoms with van der Waals surface area (Å²) in [6.45, 7) is 0. The number of amides is 1. The fourth-order valence-corrected chi connectivity index (χ4v) is 3.87. The molecule has 0 heterocycles. The van der Waals surface area contributed by atoms with Crippen molar-refractivity contribution in [1.29, 1.82) is 0 Å². The zero-order valence-electron chi connectivity index (χ0n) is 15.4. The first-order valence-electron chi connectivity index (χ1n) is 8.00. The van der Waals surface area contributed by atoms with Gasteiger partial charge in [0.25, 0.3) is 5.91 Å². The number of hydrogen-bond donors (Lipinski definition) is 1. The zero-order valence-corrected chi connectivity index (χ0v) is 17.8. The van der Waals surface area contributed by atoms with Gasteiger partial charge in [-0.1, -0.05) is 6.07 Å². The highest BCUT2D eigenvalue weighted by molar-refractivity contribution is 9.10. The van der Waals surface area contributed by atoms with Gasteiger partial charge in [0, 0.05) is 21.0 Å². The Labute approximate surface area is 186 Å². The molecule has 0 fully saturated rings. The summed E-state index contributed by atoms with van der Waals surface area (Å²) in [5, 5.41) is 12.9. The number of hydrogen-bond acceptors (Lipinski definition) is 4. The van der Waals surface area contributed by atoms with E-state index >= 15 is 0 Å². The summed E-state index contributed by atoms with van der Waals surface area (Å²) in [6, 6.07) is 3.07. The maximum atomic E-state index is 14.4. The number of nitro benzene ring substituents is 1. The van der Waals surface area contributed by atoms with Crippen molar-refractivity contribution >= 4 is 45.0 Å². The van der Waals surface area contributed by atoms with Crippen molar-refractivity contribution in [2.45, 2.75) is 22.9 Å². The molecule has 0 saturated heterocycles. The number of halogens is 9. The van der Waals surface area contributed by atoms with Gasteiger partial charge >= 0.3 is 23.7 Å². The normalized spacial score (nSPS) is 12.6. The summed E-state index contributed by atoms with van der Waals surface area (Å²) < 4.78 is 106. The van der Waals surface area contributed by atoms with Crippen LogP contribution in [-0.2, 0) is 5.67 Å². The average Bonchev–Trinajstić information content (AvgIpc) is 2.66. The second-order valence-corrected chi connectivity index (χ2v) is 7.74. The number of carbonyl (C=O) groups excluding carboxylic acids is 1. The van der Waals surface area contributed by atoms with Crippen molar-refractivity contribution in [2.24, 2.45) is 0 Å². The Morgan fingerprint density at radius 2 is 1.66 bits per heavy atom. The van der Waals surface area contributed by atoms with E-state index in [4.69, 9.17) is 0 Å². The zero-order chi connectivity index (χ0) is 24.6. The Hall–Kier alpha value is -2.42. The maximum Gasteiger partial charge on any atom is 0.435 e. The van der Waals surface area contributed by atoms with Crippen LogP contribution in [0.25, 0.3) is 0 Å². The molecule has 0 bridgehead atoms. The fraction of sp³-hybridized carbons (Fsp3) is 0.235. The van der Waals surface area contributed by atoms with Crippen LogP contribution in [-0.4, -0.2) is 29.4 Å². The predicted molar refractivity (Wildman–Crippen MR) is 102 cm³/mol. The van der Waals surface area contributed by atoms with Gasteiger partial charge < -0.3 is 5.32 Å². The summed E-state index contributed by atoms with van der Waals surface area (Å²) in [7, 11) is 0. The molecule has 0 saturated carbocycles. The van der Waals surface area contributed by atoms with Crippen molar-refractivity contribution < 1.29 is 44.8 Å². The van der Waals surface area contributed by atoms with Crippen LogP contribution in [0.15, 0.2) is 39.7 Å². The summed E-state index contributed by atoms with van der Waals surface area (Å²) in [5.74, 6) is -2.79. The van der Waals surface area contributed by atoms with Crippen LogP contribution < -0.4 is 5.32 Å². The number of nitrogens with one attached hydrogen (secondary N) is 1. The second-order valence-electron chi connectivity index (χ2n) is 6.04. The third kappa shape index (κ3) is 4.53. The van der Waals surface area contributed by atoms with Gasteiger partial charge in [-0.25, -0.2) is 4.39 Å². The SMILES string of the molecule is CSc1cc(C(F)(C(F)(F)F)C(F)(F)F)cc(Br)c1NC(=O)c1cccc([N+](=O)[O-])c1F. The van der Waals surface area contributed by atoms with Crippen LogP contribution in [0.4, 0.5) is 46.5 Å². The molecular weight excluding hydrogens is 544 g/mol. The van der Waals surface area contributed by atoms with E-state index in [1.807, 2.05) is 0 Å². The van der Waals surface area contributed by atoms with Crippen molar-refractivity contribution in [3.63, 3.8) is 0 Å². The molecule has 1 N–H and O–H groups in total. The highest BCUT2D eigenvalue weighted by Crippen LogP contribution is 2.54. The van der Waals surface area contributed by atoms with Gasteiger partial charge in [-0.2, -0.15) is 30.7 Å². The molecule has 15 heteroatoms. The number of carbonyl (C=O) groups is 1. The van der Waals surface area contributed by atoms with Crippen molar-refractivity contribution in [2.75, 3.05) is 11.6 Å². The summed E-state index contributed by atoms with van der Waals surface area (Å²) in [6.07, 6.45) is -11.5. The van der Waals surface area contributed by atoms with Crippen LogP contribution >= 0.6 is 27.7 Å². The third-order valence-corrected chi connectivity index (χ3v) is 5.50. The molecule has 174 valence electrons. The van der Waals surface area contributed by atoms with E-state index in [0.717, 1.165) is 18.2 Å². The topological polar surface area (TPSA) is 72.2 Å². The molecule has 0 spiro atoms. The highest BCUT2D eigenvalue weighted by atomic mass is 79.9. The molecule has 1 amide bonds. The van der Waals surface area contributed by atoms with E-state index in [1.54, 1.807) is 0 Å². The lowest BCUT2D eigenvalue weighted by atomic mass is 9.94. The highest BCUT2D eigenvalue weighted by Gasteiger charge is 2.73. The van der Waals surface area contributed by atoms with Gasteiger partial charge in [0.2, 0.25) is 5.82 Å².